The fourth-order valence-electron chi connectivity index (χ4n) is 2.83. The Morgan fingerprint density at radius 2 is 1.84 bits per heavy atom. The Balaban J connectivity index is 1.98. The number of ether oxygens (including phenoxy) is 1. The molecule has 25 heavy (non-hydrogen) atoms. The number of H-pyrrole nitrogens is 1. The van der Waals surface area contributed by atoms with E-state index < -0.39 is 5.92 Å². The molecule has 128 valence electrons. The molecular weight excluding hydrogens is 336 g/mol. The van der Waals surface area contributed by atoms with Crippen LogP contribution in [0, 0.1) is 6.92 Å². The summed E-state index contributed by atoms with van der Waals surface area (Å²) >= 11 is 6.35. The number of nitrogens with zero attached hydrogens (tertiary/aromatic N) is 1. The van der Waals surface area contributed by atoms with Crippen LogP contribution in [0.4, 0.5) is 0 Å². The van der Waals surface area contributed by atoms with Crippen molar-refractivity contribution in [3.05, 3.63) is 76.6 Å². The molecular formula is C20H19ClN2O2. The van der Waals surface area contributed by atoms with E-state index in [1.54, 1.807) is 0 Å². The van der Waals surface area contributed by atoms with Gasteiger partial charge in [0.05, 0.1) is 12.8 Å². The quantitative estimate of drug-likeness (QED) is 0.684. The summed E-state index contributed by atoms with van der Waals surface area (Å²) in [5.41, 5.74) is 3.69. The molecule has 0 spiro atoms. The number of rotatable bonds is 5. The summed E-state index contributed by atoms with van der Waals surface area (Å²) in [5.74, 6) is -0.240. The summed E-state index contributed by atoms with van der Waals surface area (Å²) < 4.78 is 5.00. The van der Waals surface area contributed by atoms with Crippen molar-refractivity contribution in [3.8, 4) is 11.4 Å². The van der Waals surface area contributed by atoms with E-state index in [0.717, 1.165) is 16.7 Å². The van der Waals surface area contributed by atoms with Crippen molar-refractivity contribution in [1.82, 2.24) is 9.97 Å². The molecule has 1 heterocycles. The predicted molar refractivity (Wildman–Crippen MR) is 98.7 cm³/mol. The van der Waals surface area contributed by atoms with E-state index in [-0.39, 0.29) is 5.97 Å². The molecule has 1 N–H and O–H groups in total. The largest absolute Gasteiger partial charge is 0.468 e. The number of methoxy groups -OCH3 is 1. The minimum Gasteiger partial charge on any atom is -0.468 e. The molecule has 5 heteroatoms. The van der Waals surface area contributed by atoms with Gasteiger partial charge in [0.15, 0.2) is 5.15 Å². The summed E-state index contributed by atoms with van der Waals surface area (Å²) in [6.07, 6.45) is 0.496. The van der Waals surface area contributed by atoms with Gasteiger partial charge in [-0.2, -0.15) is 0 Å². The third-order valence-corrected chi connectivity index (χ3v) is 4.54. The van der Waals surface area contributed by atoms with Crippen LogP contribution in [-0.4, -0.2) is 23.0 Å². The molecule has 1 unspecified atom stereocenters. The highest BCUT2D eigenvalue weighted by Gasteiger charge is 2.28. The van der Waals surface area contributed by atoms with Crippen LogP contribution in [0.5, 0.6) is 0 Å². The zero-order valence-electron chi connectivity index (χ0n) is 14.1. The second kappa shape index (κ2) is 7.53. The number of carbonyl (C=O) groups is 1. The summed E-state index contributed by atoms with van der Waals surface area (Å²) in [6, 6.07) is 17.6. The monoisotopic (exact) mass is 354 g/mol. The number of halogens is 1. The maximum Gasteiger partial charge on any atom is 0.315 e. The van der Waals surface area contributed by atoms with Gasteiger partial charge in [-0.15, -0.1) is 0 Å². The Labute approximate surface area is 151 Å². The number of nitrogens with one attached hydrogen (secondary N) is 1. The van der Waals surface area contributed by atoms with Crippen LogP contribution >= 0.6 is 11.6 Å². The molecule has 0 radical (unpaired) electrons. The number of benzene rings is 2. The van der Waals surface area contributed by atoms with Crippen LogP contribution in [0.15, 0.2) is 54.6 Å². The molecule has 2 aromatic carbocycles. The molecule has 3 rings (SSSR count). The summed E-state index contributed by atoms with van der Waals surface area (Å²) in [4.78, 5) is 20.0. The Morgan fingerprint density at radius 3 is 2.52 bits per heavy atom. The number of hydrogen-bond donors (Lipinski definition) is 1. The van der Waals surface area contributed by atoms with Crippen molar-refractivity contribution in [2.75, 3.05) is 7.11 Å². The van der Waals surface area contributed by atoms with Gasteiger partial charge in [-0.1, -0.05) is 66.2 Å². The molecule has 1 aromatic heterocycles. The van der Waals surface area contributed by atoms with E-state index in [1.165, 1.54) is 7.11 Å². The highest BCUT2D eigenvalue weighted by atomic mass is 35.5. The molecule has 0 amide bonds. The lowest BCUT2D eigenvalue weighted by molar-refractivity contribution is -0.142. The second-order valence-electron chi connectivity index (χ2n) is 5.86. The lowest BCUT2D eigenvalue weighted by atomic mass is 9.94. The molecule has 0 aliphatic heterocycles. The van der Waals surface area contributed by atoms with Crippen LogP contribution in [-0.2, 0) is 16.0 Å². The molecule has 0 aliphatic carbocycles. The van der Waals surface area contributed by atoms with Gasteiger partial charge in [-0.3, -0.25) is 4.79 Å². The van der Waals surface area contributed by atoms with Crippen molar-refractivity contribution < 1.29 is 9.53 Å². The molecule has 0 bridgehead atoms. The molecule has 0 fully saturated rings. The van der Waals surface area contributed by atoms with Crippen LogP contribution in [0.25, 0.3) is 11.4 Å². The first-order valence-corrected chi connectivity index (χ1v) is 8.41. The first-order chi connectivity index (χ1) is 12.1. The Bertz CT molecular complexity index is 874. The average Bonchev–Trinajstić information content (AvgIpc) is 3.02. The molecule has 0 saturated heterocycles. The van der Waals surface area contributed by atoms with Crippen molar-refractivity contribution in [3.63, 3.8) is 0 Å². The van der Waals surface area contributed by atoms with E-state index in [4.69, 9.17) is 16.3 Å². The molecule has 3 aromatic rings. The minimum absolute atomic E-state index is 0.294. The van der Waals surface area contributed by atoms with E-state index >= 15 is 0 Å². The van der Waals surface area contributed by atoms with Gasteiger partial charge in [0.25, 0.3) is 0 Å². The molecule has 4 nitrogen and oxygen atoms in total. The topological polar surface area (TPSA) is 55.0 Å². The van der Waals surface area contributed by atoms with Crippen molar-refractivity contribution in [1.29, 1.82) is 0 Å². The Kier molecular flexibility index (Phi) is 5.19. The maximum atomic E-state index is 12.4. The first-order valence-electron chi connectivity index (χ1n) is 8.03. The van der Waals surface area contributed by atoms with Crippen LogP contribution in [0.1, 0.15) is 22.7 Å². The lowest BCUT2D eigenvalue weighted by Gasteiger charge is -2.15. The third-order valence-electron chi connectivity index (χ3n) is 4.25. The zero-order valence-corrected chi connectivity index (χ0v) is 14.9. The number of imidazole rings is 1. The number of esters is 1. The predicted octanol–water partition coefficient (Wildman–Crippen LogP) is 4.54. The van der Waals surface area contributed by atoms with Crippen LogP contribution in [0.3, 0.4) is 0 Å². The average molecular weight is 355 g/mol. The van der Waals surface area contributed by atoms with E-state index in [1.807, 2.05) is 61.5 Å². The molecule has 1 atom stereocenters. The number of aromatic amines is 1. The Morgan fingerprint density at radius 1 is 1.16 bits per heavy atom. The van der Waals surface area contributed by atoms with Gasteiger partial charge in [-0.25, -0.2) is 4.98 Å². The number of carbonyl (C=O) groups excluding carboxylic acids is 1. The van der Waals surface area contributed by atoms with E-state index in [0.29, 0.717) is 23.1 Å². The SMILES string of the molecule is COC(=O)C(Cc1ccccc1C)c1[nH]c(-c2ccccc2)nc1Cl. The summed E-state index contributed by atoms with van der Waals surface area (Å²) in [5, 5.41) is 0.294. The van der Waals surface area contributed by atoms with Crippen LogP contribution in [0.2, 0.25) is 5.15 Å². The Hall–Kier alpha value is -2.59. The number of aryl methyl sites for hydroxylation is 1. The first kappa shape index (κ1) is 17.2. The highest BCUT2D eigenvalue weighted by molar-refractivity contribution is 6.30. The van der Waals surface area contributed by atoms with Gasteiger partial charge in [0.1, 0.15) is 11.7 Å². The van der Waals surface area contributed by atoms with Gasteiger partial charge >= 0.3 is 5.97 Å². The normalized spacial score (nSPS) is 12.0. The lowest BCUT2D eigenvalue weighted by Crippen LogP contribution is -2.18. The highest BCUT2D eigenvalue weighted by Crippen LogP contribution is 2.30. The molecule has 0 saturated carbocycles. The standard InChI is InChI=1S/C20H19ClN2O2/c1-13-8-6-7-11-15(13)12-16(20(24)25-2)17-18(21)23-19(22-17)14-9-4-3-5-10-14/h3-11,16H,12H2,1-2H3,(H,22,23). The van der Waals surface area contributed by atoms with Crippen molar-refractivity contribution >= 4 is 17.6 Å². The number of aromatic nitrogens is 2. The zero-order chi connectivity index (χ0) is 17.8. The molecule has 0 aliphatic rings. The minimum atomic E-state index is -0.538. The van der Waals surface area contributed by atoms with Crippen molar-refractivity contribution in [2.24, 2.45) is 0 Å². The second-order valence-corrected chi connectivity index (χ2v) is 6.22. The fraction of sp³-hybridized carbons (Fsp3) is 0.200. The van der Waals surface area contributed by atoms with Gasteiger partial charge in [0, 0.05) is 5.56 Å². The number of hydrogen-bond acceptors (Lipinski definition) is 3. The van der Waals surface area contributed by atoms with Gasteiger partial charge in [0.2, 0.25) is 0 Å². The third kappa shape index (κ3) is 3.74. The van der Waals surface area contributed by atoms with Crippen LogP contribution < -0.4 is 0 Å². The fourth-order valence-corrected chi connectivity index (χ4v) is 3.10. The summed E-state index contributed by atoms with van der Waals surface area (Å²) in [7, 11) is 1.38. The van der Waals surface area contributed by atoms with E-state index in [2.05, 4.69) is 9.97 Å². The maximum absolute atomic E-state index is 12.4. The van der Waals surface area contributed by atoms with Gasteiger partial charge in [-0.05, 0) is 24.5 Å². The van der Waals surface area contributed by atoms with Gasteiger partial charge < -0.3 is 9.72 Å². The summed E-state index contributed by atoms with van der Waals surface area (Å²) in [6.45, 7) is 2.02. The smallest absolute Gasteiger partial charge is 0.315 e. The van der Waals surface area contributed by atoms with E-state index in [9.17, 15) is 4.79 Å². The van der Waals surface area contributed by atoms with Crippen molar-refractivity contribution in [2.45, 2.75) is 19.3 Å².